The molecule has 1 saturated carbocycles. The van der Waals surface area contributed by atoms with Crippen molar-refractivity contribution in [3.05, 3.63) is 52.1 Å². The van der Waals surface area contributed by atoms with E-state index >= 15 is 0 Å². The number of nitrogens with one attached hydrogen (secondary N) is 2. The Balaban J connectivity index is 1.84. The number of amides is 1. The fourth-order valence-corrected chi connectivity index (χ4v) is 3.39. The summed E-state index contributed by atoms with van der Waals surface area (Å²) in [5.41, 5.74) is 4.71. The lowest BCUT2D eigenvalue weighted by Crippen LogP contribution is -2.25. The monoisotopic (exact) mass is 364 g/mol. The van der Waals surface area contributed by atoms with Gasteiger partial charge in [-0.3, -0.25) is 9.36 Å². The summed E-state index contributed by atoms with van der Waals surface area (Å²) in [5.74, 6) is -0.0466. The summed E-state index contributed by atoms with van der Waals surface area (Å²) in [6, 6.07) is 7.97. The van der Waals surface area contributed by atoms with E-state index in [1.165, 1.54) is 0 Å². The van der Waals surface area contributed by atoms with Gasteiger partial charge < -0.3 is 10.3 Å². The third-order valence-corrected chi connectivity index (χ3v) is 5.34. The number of H-pyrrole nitrogens is 1. The van der Waals surface area contributed by atoms with Crippen LogP contribution in [-0.2, 0) is 0 Å². The zero-order chi connectivity index (χ0) is 19.1. The van der Waals surface area contributed by atoms with Gasteiger partial charge in [-0.05, 0) is 62.4 Å². The van der Waals surface area contributed by atoms with E-state index in [1.54, 1.807) is 10.8 Å². The number of carbonyl (C=O) groups is 1. The highest BCUT2D eigenvalue weighted by Crippen LogP contribution is 2.30. The number of aryl methyl sites for hydroxylation is 1. The molecule has 2 aromatic heterocycles. The van der Waals surface area contributed by atoms with E-state index in [-0.39, 0.29) is 17.6 Å². The summed E-state index contributed by atoms with van der Waals surface area (Å²) in [4.78, 5) is 32.4. The first-order chi connectivity index (χ1) is 13.0. The summed E-state index contributed by atoms with van der Waals surface area (Å²) < 4.78 is 1.71. The molecule has 1 fully saturated rings. The molecule has 1 aliphatic rings. The molecule has 4 rings (SSSR count). The minimum Gasteiger partial charge on any atom is -0.349 e. The van der Waals surface area contributed by atoms with Gasteiger partial charge in [-0.1, -0.05) is 13.0 Å². The Kier molecular flexibility index (Phi) is 4.34. The Morgan fingerprint density at radius 2 is 2.11 bits per heavy atom. The van der Waals surface area contributed by atoms with Gasteiger partial charge in [0.2, 0.25) is 0 Å². The first kappa shape index (κ1) is 17.5. The average Bonchev–Trinajstić information content (AvgIpc) is 3.40. The molecule has 6 nitrogen and oxygen atoms in total. The average molecular weight is 364 g/mol. The number of aromatic nitrogens is 3. The number of hydrogen-bond acceptors (Lipinski definition) is 3. The zero-order valence-electron chi connectivity index (χ0n) is 15.9. The Morgan fingerprint density at radius 3 is 2.81 bits per heavy atom. The topological polar surface area (TPSA) is 79.8 Å². The van der Waals surface area contributed by atoms with E-state index in [4.69, 9.17) is 0 Å². The van der Waals surface area contributed by atoms with Crippen molar-refractivity contribution in [1.82, 2.24) is 19.9 Å². The van der Waals surface area contributed by atoms with Crippen molar-refractivity contribution < 1.29 is 4.79 Å². The second kappa shape index (κ2) is 6.68. The van der Waals surface area contributed by atoms with Gasteiger partial charge in [0.15, 0.2) is 5.65 Å². The molecule has 0 aliphatic heterocycles. The largest absolute Gasteiger partial charge is 0.349 e. The predicted octanol–water partition coefficient (Wildman–Crippen LogP) is 3.56. The molecule has 0 spiro atoms. The van der Waals surface area contributed by atoms with Gasteiger partial charge in [0.05, 0.1) is 5.52 Å². The van der Waals surface area contributed by atoms with Crippen molar-refractivity contribution in [1.29, 1.82) is 0 Å². The van der Waals surface area contributed by atoms with Gasteiger partial charge in [-0.2, -0.15) is 0 Å². The third-order valence-electron chi connectivity index (χ3n) is 5.34. The molecule has 3 aromatic rings. The lowest BCUT2D eigenvalue weighted by Gasteiger charge is -2.12. The van der Waals surface area contributed by atoms with Crippen molar-refractivity contribution in [2.45, 2.75) is 52.1 Å². The lowest BCUT2D eigenvalue weighted by molar-refractivity contribution is 0.0951. The molecule has 6 heteroatoms. The minimum atomic E-state index is -0.153. The fourth-order valence-electron chi connectivity index (χ4n) is 3.39. The van der Waals surface area contributed by atoms with Crippen LogP contribution in [0.4, 0.5) is 0 Å². The van der Waals surface area contributed by atoms with E-state index in [1.807, 2.05) is 45.0 Å². The predicted molar refractivity (Wildman–Crippen MR) is 106 cm³/mol. The maximum absolute atomic E-state index is 12.5. The van der Waals surface area contributed by atoms with Crippen molar-refractivity contribution >= 4 is 17.1 Å². The molecule has 0 bridgehead atoms. The number of pyridine rings is 1. The van der Waals surface area contributed by atoms with E-state index in [0.717, 1.165) is 36.0 Å². The summed E-state index contributed by atoms with van der Waals surface area (Å²) in [7, 11) is 0. The minimum absolute atomic E-state index is 0.0466. The van der Waals surface area contributed by atoms with Crippen LogP contribution < -0.4 is 11.0 Å². The van der Waals surface area contributed by atoms with Crippen LogP contribution in [0.5, 0.6) is 0 Å². The quantitative estimate of drug-likeness (QED) is 0.726. The normalized spacial score (nSPS) is 15.1. The fraction of sp³-hybridized carbons (Fsp3) is 0.381. The van der Waals surface area contributed by atoms with Crippen LogP contribution in [-0.4, -0.2) is 26.5 Å². The van der Waals surface area contributed by atoms with Crippen LogP contribution in [0.1, 0.15) is 55.1 Å². The number of fused-ring (bicyclic) bond motifs is 1. The van der Waals surface area contributed by atoms with Gasteiger partial charge in [0.1, 0.15) is 0 Å². The molecule has 1 unspecified atom stereocenters. The van der Waals surface area contributed by atoms with Gasteiger partial charge >= 0.3 is 5.69 Å². The van der Waals surface area contributed by atoms with Gasteiger partial charge in [-0.25, -0.2) is 9.78 Å². The Morgan fingerprint density at radius 1 is 1.33 bits per heavy atom. The van der Waals surface area contributed by atoms with E-state index in [9.17, 15) is 9.59 Å². The lowest BCUT2D eigenvalue weighted by atomic mass is 9.97. The molecular weight excluding hydrogens is 340 g/mol. The highest BCUT2D eigenvalue weighted by atomic mass is 16.2. The maximum atomic E-state index is 12.5. The van der Waals surface area contributed by atoms with Gasteiger partial charge in [0.25, 0.3) is 5.91 Å². The molecule has 1 aliphatic carbocycles. The van der Waals surface area contributed by atoms with E-state index < -0.39 is 0 Å². The summed E-state index contributed by atoms with van der Waals surface area (Å²) in [6.45, 7) is 6.07. The molecule has 2 N–H and O–H groups in total. The number of rotatable bonds is 5. The molecular formula is C21H24N4O2. The molecule has 140 valence electrons. The zero-order valence-corrected chi connectivity index (χ0v) is 15.9. The smallest absolute Gasteiger partial charge is 0.327 e. The van der Waals surface area contributed by atoms with Crippen LogP contribution in [0.2, 0.25) is 0 Å². The maximum Gasteiger partial charge on any atom is 0.327 e. The van der Waals surface area contributed by atoms with Crippen LogP contribution in [0.15, 0.2) is 35.3 Å². The number of carbonyl (C=O) groups excluding carboxylic acids is 1. The number of imidazole rings is 1. The van der Waals surface area contributed by atoms with Gasteiger partial charge in [0, 0.05) is 29.4 Å². The first-order valence-corrected chi connectivity index (χ1v) is 9.50. The molecule has 2 heterocycles. The molecule has 27 heavy (non-hydrogen) atoms. The van der Waals surface area contributed by atoms with E-state index in [0.29, 0.717) is 22.8 Å². The second-order valence-electron chi connectivity index (χ2n) is 7.39. The van der Waals surface area contributed by atoms with Crippen LogP contribution in [0, 0.1) is 6.92 Å². The van der Waals surface area contributed by atoms with E-state index in [2.05, 4.69) is 15.3 Å². The number of hydrogen-bond donors (Lipinski definition) is 2. The molecule has 1 amide bonds. The van der Waals surface area contributed by atoms with Crippen LogP contribution in [0.3, 0.4) is 0 Å². The van der Waals surface area contributed by atoms with Crippen molar-refractivity contribution in [3.8, 4) is 11.1 Å². The van der Waals surface area contributed by atoms with Crippen molar-refractivity contribution in [2.24, 2.45) is 0 Å². The summed E-state index contributed by atoms with van der Waals surface area (Å²) in [6.07, 6.45) is 4.68. The van der Waals surface area contributed by atoms with Crippen molar-refractivity contribution in [2.75, 3.05) is 0 Å². The highest BCUT2D eigenvalue weighted by molar-refractivity contribution is 5.98. The Bertz CT molecular complexity index is 1080. The number of nitrogens with zero attached hydrogens (tertiary/aromatic N) is 2. The number of benzene rings is 1. The van der Waals surface area contributed by atoms with Crippen LogP contribution in [0.25, 0.3) is 22.3 Å². The molecule has 0 radical (unpaired) electrons. The molecule has 1 atom stereocenters. The van der Waals surface area contributed by atoms with Crippen LogP contribution >= 0.6 is 0 Å². The Labute approximate surface area is 157 Å². The highest BCUT2D eigenvalue weighted by Gasteiger charge is 2.24. The van der Waals surface area contributed by atoms with Crippen molar-refractivity contribution in [3.63, 3.8) is 0 Å². The molecule has 1 aromatic carbocycles. The molecule has 0 saturated heterocycles. The third kappa shape index (κ3) is 3.16. The number of aromatic amines is 1. The second-order valence-corrected chi connectivity index (χ2v) is 7.39. The Hall–Kier alpha value is -2.89. The summed E-state index contributed by atoms with van der Waals surface area (Å²) >= 11 is 0. The van der Waals surface area contributed by atoms with Gasteiger partial charge in [-0.15, -0.1) is 0 Å². The summed E-state index contributed by atoms with van der Waals surface area (Å²) in [5, 5.41) is 3.03. The SMILES string of the molecule is CCC(C)n1c(=O)[nH]c2c(-c3cc(C(=O)NC4CC4)ccc3C)ccnc21. The standard InChI is InChI=1S/C21H24N4O2/c1-4-13(3)25-19-18(24-21(25)27)16(9-10-22-19)17-11-14(6-5-12(17)2)20(26)23-15-7-8-15/h5-6,9-11,13,15H,4,7-8H2,1-3H3,(H,23,26)(H,24,27). The first-order valence-electron chi connectivity index (χ1n) is 9.50.